The minimum absolute atomic E-state index is 0.889. The van der Waals surface area contributed by atoms with E-state index in [1.807, 2.05) is 37.3 Å². The summed E-state index contributed by atoms with van der Waals surface area (Å²) in [7, 11) is 4.48. The first-order chi connectivity index (χ1) is 10.6. The van der Waals surface area contributed by atoms with E-state index in [9.17, 15) is 0 Å². The molecule has 0 fully saturated rings. The van der Waals surface area contributed by atoms with Crippen LogP contribution in [0.25, 0.3) is 0 Å². The van der Waals surface area contributed by atoms with E-state index >= 15 is 0 Å². The van der Waals surface area contributed by atoms with Gasteiger partial charge >= 0.3 is 0 Å². The highest BCUT2D eigenvalue weighted by molar-refractivity contribution is 7.10. The average Bonchev–Trinajstić information content (AvgIpc) is 2.54. The van der Waals surface area contributed by atoms with E-state index in [1.54, 1.807) is 0 Å². The summed E-state index contributed by atoms with van der Waals surface area (Å²) in [4.78, 5) is 0. The van der Waals surface area contributed by atoms with Crippen molar-refractivity contribution in [3.8, 4) is 11.5 Å². The third-order valence-corrected chi connectivity index (χ3v) is 3.92. The van der Waals surface area contributed by atoms with Gasteiger partial charge in [0.25, 0.3) is 0 Å². The molecule has 0 amide bonds. The second-order valence-corrected chi connectivity index (χ2v) is 5.72. The average molecular weight is 336 g/mol. The van der Waals surface area contributed by atoms with E-state index in [-0.39, 0.29) is 0 Å². The van der Waals surface area contributed by atoms with Crippen LogP contribution in [0.1, 0.15) is 36.5 Å². The standard InChI is InChI=1S/C11H17OP.C7H9OP/c1-3-4-5-10-6-7-11(12-13)8-9(10)2;1-6-3-2-4-7(5-6)8-9/h6-8H,3-5,13H2,1-2H3;2-5H,9H2,1H3. The molecule has 2 rings (SSSR count). The van der Waals surface area contributed by atoms with Crippen LogP contribution in [0.2, 0.25) is 0 Å². The van der Waals surface area contributed by atoms with E-state index < -0.39 is 0 Å². The molecule has 0 radical (unpaired) electrons. The van der Waals surface area contributed by atoms with Crippen molar-refractivity contribution in [2.45, 2.75) is 40.0 Å². The number of rotatable bonds is 5. The predicted octanol–water partition coefficient (Wildman–Crippen LogP) is 5.67. The molecule has 22 heavy (non-hydrogen) atoms. The van der Waals surface area contributed by atoms with Gasteiger partial charge in [0.15, 0.2) is 0 Å². The van der Waals surface area contributed by atoms with Crippen LogP contribution in [0.4, 0.5) is 0 Å². The molecule has 2 nitrogen and oxygen atoms in total. The summed E-state index contributed by atoms with van der Waals surface area (Å²) < 4.78 is 9.98. The highest BCUT2D eigenvalue weighted by Crippen LogP contribution is 2.20. The minimum atomic E-state index is 0.889. The summed E-state index contributed by atoms with van der Waals surface area (Å²) in [6.07, 6.45) is 3.70. The predicted molar refractivity (Wildman–Crippen MR) is 102 cm³/mol. The summed E-state index contributed by atoms with van der Waals surface area (Å²) in [5.41, 5.74) is 3.98. The maximum atomic E-state index is 5.07. The van der Waals surface area contributed by atoms with Gasteiger partial charge in [0.05, 0.1) is 18.9 Å². The SMILES string of the molecule is CCCCc1ccc(OP)cc1C.Cc1cccc(OP)c1. The van der Waals surface area contributed by atoms with Gasteiger partial charge in [0.2, 0.25) is 0 Å². The van der Waals surface area contributed by atoms with Crippen LogP contribution in [-0.2, 0) is 6.42 Å². The molecular weight excluding hydrogens is 310 g/mol. The summed E-state index contributed by atoms with van der Waals surface area (Å²) in [5, 5.41) is 0. The van der Waals surface area contributed by atoms with Gasteiger partial charge in [-0.15, -0.1) is 0 Å². The molecule has 2 unspecified atom stereocenters. The molecular formula is C18H26O2P2. The molecule has 0 saturated heterocycles. The number of aryl methyl sites for hydroxylation is 3. The zero-order chi connectivity index (χ0) is 16.4. The van der Waals surface area contributed by atoms with Gasteiger partial charge < -0.3 is 9.05 Å². The van der Waals surface area contributed by atoms with Gasteiger partial charge in [-0.1, -0.05) is 31.5 Å². The van der Waals surface area contributed by atoms with Gasteiger partial charge in [0, 0.05) is 0 Å². The topological polar surface area (TPSA) is 18.5 Å². The normalized spacial score (nSPS) is 9.68. The maximum absolute atomic E-state index is 5.07. The Balaban J connectivity index is 0.000000235. The Morgan fingerprint density at radius 1 is 0.909 bits per heavy atom. The Morgan fingerprint density at radius 2 is 1.59 bits per heavy atom. The number of hydrogen-bond acceptors (Lipinski definition) is 2. The van der Waals surface area contributed by atoms with Crippen molar-refractivity contribution in [2.24, 2.45) is 0 Å². The van der Waals surface area contributed by atoms with Gasteiger partial charge in [-0.25, -0.2) is 0 Å². The molecule has 0 aliphatic heterocycles. The van der Waals surface area contributed by atoms with Gasteiger partial charge in [-0.3, -0.25) is 0 Å². The molecule has 2 atom stereocenters. The van der Waals surface area contributed by atoms with Crippen molar-refractivity contribution < 1.29 is 9.05 Å². The van der Waals surface area contributed by atoms with Crippen LogP contribution in [0.3, 0.4) is 0 Å². The monoisotopic (exact) mass is 336 g/mol. The molecule has 120 valence electrons. The lowest BCUT2D eigenvalue weighted by Gasteiger charge is -2.06. The lowest BCUT2D eigenvalue weighted by molar-refractivity contribution is 0.644. The van der Waals surface area contributed by atoms with Crippen molar-refractivity contribution in [1.29, 1.82) is 0 Å². The zero-order valence-corrected chi connectivity index (χ0v) is 15.9. The van der Waals surface area contributed by atoms with Gasteiger partial charge in [0.1, 0.15) is 11.5 Å². The van der Waals surface area contributed by atoms with Crippen LogP contribution in [0, 0.1) is 13.8 Å². The first-order valence-electron chi connectivity index (χ1n) is 7.50. The highest BCUT2D eigenvalue weighted by Gasteiger charge is 1.99. The molecule has 0 N–H and O–H groups in total. The molecule has 0 aliphatic rings. The second kappa shape index (κ2) is 10.6. The number of unbranched alkanes of at least 4 members (excludes halogenated alkanes) is 1. The summed E-state index contributed by atoms with van der Waals surface area (Å²) in [6.45, 7) is 6.39. The lowest BCUT2D eigenvalue weighted by atomic mass is 10.0. The molecule has 0 aromatic heterocycles. The van der Waals surface area contributed by atoms with E-state index in [1.165, 1.54) is 36.0 Å². The molecule has 2 aromatic carbocycles. The van der Waals surface area contributed by atoms with Crippen LogP contribution < -0.4 is 9.05 Å². The summed E-state index contributed by atoms with van der Waals surface area (Å²) >= 11 is 0. The van der Waals surface area contributed by atoms with Crippen LogP contribution in [-0.4, -0.2) is 0 Å². The van der Waals surface area contributed by atoms with Crippen LogP contribution in [0.5, 0.6) is 11.5 Å². The number of benzene rings is 2. The Bertz CT molecular complexity index is 571. The Morgan fingerprint density at radius 3 is 2.09 bits per heavy atom. The largest absolute Gasteiger partial charge is 0.480 e. The van der Waals surface area contributed by atoms with Crippen molar-refractivity contribution in [2.75, 3.05) is 0 Å². The van der Waals surface area contributed by atoms with E-state index in [0.29, 0.717) is 0 Å². The first kappa shape index (κ1) is 18.9. The van der Waals surface area contributed by atoms with E-state index in [0.717, 1.165) is 11.5 Å². The van der Waals surface area contributed by atoms with Crippen molar-refractivity contribution in [1.82, 2.24) is 0 Å². The molecule has 4 heteroatoms. The van der Waals surface area contributed by atoms with Crippen LogP contribution in [0.15, 0.2) is 42.5 Å². The lowest BCUT2D eigenvalue weighted by Crippen LogP contribution is -1.89. The summed E-state index contributed by atoms with van der Waals surface area (Å²) in [6, 6.07) is 14.2. The molecule has 2 aromatic rings. The molecule has 0 saturated carbocycles. The second-order valence-electron chi connectivity index (χ2n) is 5.24. The fourth-order valence-corrected chi connectivity index (χ4v) is 2.37. The first-order valence-corrected chi connectivity index (χ1v) is 8.44. The van der Waals surface area contributed by atoms with Crippen molar-refractivity contribution in [3.05, 3.63) is 59.2 Å². The zero-order valence-electron chi connectivity index (χ0n) is 13.6. The Labute approximate surface area is 139 Å². The minimum Gasteiger partial charge on any atom is -0.480 e. The Kier molecular flexibility index (Phi) is 9.13. The molecule has 0 bridgehead atoms. The van der Waals surface area contributed by atoms with E-state index in [2.05, 4.69) is 44.9 Å². The third-order valence-electron chi connectivity index (χ3n) is 3.38. The van der Waals surface area contributed by atoms with Crippen LogP contribution >= 0.6 is 18.9 Å². The quantitative estimate of drug-likeness (QED) is 0.655. The fraction of sp³-hybridized carbons (Fsp3) is 0.333. The third kappa shape index (κ3) is 6.77. The number of hydrogen-bond donors (Lipinski definition) is 0. The smallest absolute Gasteiger partial charge is 0.122 e. The highest BCUT2D eigenvalue weighted by atomic mass is 31.0. The van der Waals surface area contributed by atoms with Gasteiger partial charge in [-0.05, 0) is 67.6 Å². The fourth-order valence-electron chi connectivity index (χ4n) is 2.08. The molecule has 0 aliphatic carbocycles. The van der Waals surface area contributed by atoms with Crippen molar-refractivity contribution in [3.63, 3.8) is 0 Å². The molecule has 0 heterocycles. The van der Waals surface area contributed by atoms with E-state index in [4.69, 9.17) is 9.05 Å². The Hall–Kier alpha value is -1.10. The summed E-state index contributed by atoms with van der Waals surface area (Å²) in [5.74, 6) is 1.81. The van der Waals surface area contributed by atoms with Crippen molar-refractivity contribution >= 4 is 18.9 Å². The van der Waals surface area contributed by atoms with Gasteiger partial charge in [-0.2, -0.15) is 0 Å². The molecule has 0 spiro atoms. The maximum Gasteiger partial charge on any atom is 0.122 e.